The standard InChI is InChI=1S/C38H46N4O12/c1-47-25-11-23(39-31(13-25)37(43)44)19-41(21-29-33(51-5)15-27(49-3)16-34(29)52-6)9-10-42(20-24-12-26(48-2)14-32(40-24)38(45)46)22-30-35(53-7)17-28(50-4)18-36(30)54-8/h11-18H,9-10,19-22H2,1-8H3,(H,43,44)(H,45,46). The predicted octanol–water partition coefficient (Wildman–Crippen LogP) is 4.65. The van der Waals surface area contributed by atoms with Gasteiger partial charge in [0.05, 0.1) is 79.4 Å². The lowest BCUT2D eigenvalue weighted by Crippen LogP contribution is -2.35. The molecule has 0 aliphatic heterocycles. The van der Waals surface area contributed by atoms with Crippen molar-refractivity contribution in [2.75, 3.05) is 70.0 Å². The van der Waals surface area contributed by atoms with Gasteiger partial charge in [-0.3, -0.25) is 9.80 Å². The molecule has 4 aromatic rings. The summed E-state index contributed by atoms with van der Waals surface area (Å²) in [6, 6.07) is 13.1. The van der Waals surface area contributed by atoms with E-state index in [0.29, 0.717) is 81.6 Å². The third kappa shape index (κ3) is 10.3. The molecule has 0 fully saturated rings. The van der Waals surface area contributed by atoms with Crippen molar-refractivity contribution in [2.24, 2.45) is 0 Å². The van der Waals surface area contributed by atoms with Crippen LogP contribution in [0.3, 0.4) is 0 Å². The molecule has 290 valence electrons. The minimum atomic E-state index is -1.19. The first-order chi connectivity index (χ1) is 26.0. The van der Waals surface area contributed by atoms with Crippen molar-refractivity contribution in [2.45, 2.75) is 26.2 Å². The number of hydrogen-bond donors (Lipinski definition) is 2. The Hall–Kier alpha value is -6.00. The van der Waals surface area contributed by atoms with E-state index in [9.17, 15) is 19.8 Å². The van der Waals surface area contributed by atoms with Crippen molar-refractivity contribution in [3.8, 4) is 46.0 Å². The van der Waals surface area contributed by atoms with Crippen LogP contribution in [0.1, 0.15) is 43.5 Å². The van der Waals surface area contributed by atoms with Gasteiger partial charge >= 0.3 is 11.9 Å². The average molecular weight is 751 g/mol. The van der Waals surface area contributed by atoms with Crippen LogP contribution in [-0.2, 0) is 26.2 Å². The fourth-order valence-corrected chi connectivity index (χ4v) is 5.82. The number of methoxy groups -OCH3 is 8. The molecule has 2 heterocycles. The van der Waals surface area contributed by atoms with Crippen LogP contribution in [0.2, 0.25) is 0 Å². The summed E-state index contributed by atoms with van der Waals surface area (Å²) in [5.74, 6) is 1.46. The lowest BCUT2D eigenvalue weighted by atomic mass is 10.1. The van der Waals surface area contributed by atoms with Gasteiger partial charge in [0, 0.05) is 87.8 Å². The molecule has 0 aliphatic rings. The SMILES string of the molecule is COc1cc(CN(CCN(Cc2cc(OC)cc(C(=O)O)n2)Cc2c(OC)cc(OC)cc2OC)Cc2c(OC)cc(OC)cc2OC)nc(C(=O)O)c1. The average Bonchev–Trinajstić information content (AvgIpc) is 3.19. The van der Waals surface area contributed by atoms with Gasteiger partial charge in [0.25, 0.3) is 0 Å². The quantitative estimate of drug-likeness (QED) is 0.120. The number of carbonyl (C=O) groups is 2. The highest BCUT2D eigenvalue weighted by Crippen LogP contribution is 2.37. The van der Waals surface area contributed by atoms with Crippen molar-refractivity contribution in [3.63, 3.8) is 0 Å². The number of pyridine rings is 2. The Morgan fingerprint density at radius 2 is 0.759 bits per heavy atom. The zero-order valence-electron chi connectivity index (χ0n) is 31.6. The Morgan fingerprint density at radius 3 is 1.02 bits per heavy atom. The van der Waals surface area contributed by atoms with Crippen LogP contribution in [0.25, 0.3) is 0 Å². The van der Waals surface area contributed by atoms with Crippen LogP contribution in [0, 0.1) is 0 Å². The third-order valence-electron chi connectivity index (χ3n) is 8.51. The molecule has 0 aliphatic carbocycles. The Morgan fingerprint density at radius 1 is 0.463 bits per heavy atom. The number of benzene rings is 2. The molecule has 0 saturated heterocycles. The first-order valence-corrected chi connectivity index (χ1v) is 16.6. The Labute approximate surface area is 313 Å². The molecule has 2 N–H and O–H groups in total. The van der Waals surface area contributed by atoms with E-state index in [1.807, 2.05) is 0 Å². The van der Waals surface area contributed by atoms with Crippen LogP contribution < -0.4 is 37.9 Å². The number of hydrogen-bond acceptors (Lipinski definition) is 14. The molecule has 0 unspecified atom stereocenters. The largest absolute Gasteiger partial charge is 0.497 e. The number of ether oxygens (including phenoxy) is 8. The number of carboxylic acid groups (broad SMARTS) is 2. The highest BCUT2D eigenvalue weighted by atomic mass is 16.5. The number of nitrogens with zero attached hydrogens (tertiary/aromatic N) is 4. The van der Waals surface area contributed by atoms with Gasteiger partial charge in [0.15, 0.2) is 11.4 Å². The summed E-state index contributed by atoms with van der Waals surface area (Å²) in [7, 11) is 12.2. The van der Waals surface area contributed by atoms with E-state index < -0.39 is 11.9 Å². The molecule has 0 saturated carbocycles. The minimum absolute atomic E-state index is 0.164. The molecule has 0 radical (unpaired) electrons. The van der Waals surface area contributed by atoms with Crippen LogP contribution in [-0.4, -0.2) is 112 Å². The highest BCUT2D eigenvalue weighted by molar-refractivity contribution is 5.86. The summed E-state index contributed by atoms with van der Waals surface area (Å²) in [5.41, 5.74) is 2.00. The number of carboxylic acids is 2. The molecule has 0 bridgehead atoms. The zero-order chi connectivity index (χ0) is 39.4. The van der Waals surface area contributed by atoms with Crippen molar-refractivity contribution in [1.82, 2.24) is 19.8 Å². The van der Waals surface area contributed by atoms with Crippen molar-refractivity contribution in [3.05, 3.63) is 82.4 Å². The smallest absolute Gasteiger partial charge is 0.354 e. The van der Waals surface area contributed by atoms with Crippen LogP contribution in [0.15, 0.2) is 48.5 Å². The minimum Gasteiger partial charge on any atom is -0.497 e. The number of rotatable bonds is 21. The molecule has 0 spiro atoms. The van der Waals surface area contributed by atoms with Gasteiger partial charge in [0.2, 0.25) is 0 Å². The van der Waals surface area contributed by atoms with Gasteiger partial charge in [0.1, 0.15) is 46.0 Å². The molecule has 0 atom stereocenters. The molecule has 54 heavy (non-hydrogen) atoms. The molecule has 2 aromatic carbocycles. The van der Waals surface area contributed by atoms with Gasteiger partial charge in [-0.15, -0.1) is 0 Å². The maximum absolute atomic E-state index is 12.0. The molecule has 2 aromatic heterocycles. The Kier molecular flexibility index (Phi) is 14.5. The molecule has 4 rings (SSSR count). The number of aromatic carboxylic acids is 2. The van der Waals surface area contributed by atoms with E-state index in [0.717, 1.165) is 0 Å². The van der Waals surface area contributed by atoms with E-state index in [4.69, 9.17) is 37.9 Å². The molecular formula is C38H46N4O12. The number of aromatic nitrogens is 2. The van der Waals surface area contributed by atoms with Gasteiger partial charge in [-0.2, -0.15) is 0 Å². The topological polar surface area (TPSA) is 181 Å². The first kappa shape index (κ1) is 40.8. The fraction of sp³-hybridized carbons (Fsp3) is 0.368. The highest BCUT2D eigenvalue weighted by Gasteiger charge is 2.23. The summed E-state index contributed by atoms with van der Waals surface area (Å²) in [5, 5.41) is 19.6. The molecular weight excluding hydrogens is 704 g/mol. The van der Waals surface area contributed by atoms with Crippen molar-refractivity contribution in [1.29, 1.82) is 0 Å². The maximum atomic E-state index is 12.0. The van der Waals surface area contributed by atoms with Crippen LogP contribution in [0.4, 0.5) is 0 Å². The molecule has 16 heteroatoms. The van der Waals surface area contributed by atoms with Crippen molar-refractivity contribution >= 4 is 11.9 Å². The van der Waals surface area contributed by atoms with E-state index in [1.165, 1.54) is 26.4 Å². The van der Waals surface area contributed by atoms with Crippen molar-refractivity contribution < 1.29 is 57.7 Å². The van der Waals surface area contributed by atoms with Gasteiger partial charge in [-0.1, -0.05) is 0 Å². The second-order valence-corrected chi connectivity index (χ2v) is 11.8. The zero-order valence-corrected chi connectivity index (χ0v) is 31.6. The Balaban J connectivity index is 1.81. The van der Waals surface area contributed by atoms with Crippen LogP contribution in [0.5, 0.6) is 46.0 Å². The lowest BCUT2D eigenvalue weighted by Gasteiger charge is -2.29. The fourth-order valence-electron chi connectivity index (χ4n) is 5.82. The second kappa shape index (κ2) is 19.2. The van der Waals surface area contributed by atoms with E-state index in [-0.39, 0.29) is 37.6 Å². The van der Waals surface area contributed by atoms with Crippen LogP contribution >= 0.6 is 0 Å². The Bertz CT molecular complexity index is 1730. The van der Waals surface area contributed by atoms with E-state index in [1.54, 1.807) is 79.1 Å². The summed E-state index contributed by atoms with van der Waals surface area (Å²) >= 11 is 0. The van der Waals surface area contributed by atoms with Gasteiger partial charge < -0.3 is 48.1 Å². The van der Waals surface area contributed by atoms with Gasteiger partial charge in [-0.05, 0) is 0 Å². The third-order valence-corrected chi connectivity index (χ3v) is 8.51. The summed E-state index contributed by atoms with van der Waals surface area (Å²) in [6.07, 6.45) is 0. The summed E-state index contributed by atoms with van der Waals surface area (Å²) in [6.45, 7) is 1.69. The monoisotopic (exact) mass is 750 g/mol. The van der Waals surface area contributed by atoms with Gasteiger partial charge in [-0.25, -0.2) is 19.6 Å². The van der Waals surface area contributed by atoms with E-state index >= 15 is 0 Å². The second-order valence-electron chi connectivity index (χ2n) is 11.8. The first-order valence-electron chi connectivity index (χ1n) is 16.6. The normalized spacial score (nSPS) is 10.9. The predicted molar refractivity (Wildman–Crippen MR) is 196 cm³/mol. The molecule has 16 nitrogen and oxygen atoms in total. The summed E-state index contributed by atoms with van der Waals surface area (Å²) < 4.78 is 44.8. The lowest BCUT2D eigenvalue weighted by molar-refractivity contribution is 0.0678. The maximum Gasteiger partial charge on any atom is 0.354 e. The summed E-state index contributed by atoms with van der Waals surface area (Å²) in [4.78, 5) is 36.9. The van der Waals surface area contributed by atoms with E-state index in [2.05, 4.69) is 19.8 Å². The molecule has 0 amide bonds.